The van der Waals surface area contributed by atoms with Crippen LogP contribution in [-0.2, 0) is 16.0 Å². The van der Waals surface area contributed by atoms with Gasteiger partial charge in [-0.3, -0.25) is 4.79 Å². The lowest BCUT2D eigenvalue weighted by Crippen LogP contribution is -2.45. The number of ether oxygens (including phenoxy) is 1. The SMILES string of the molecule is COCCCC(N)C(=O)NC(C)Cc1ccccc1C. The molecular formula is C16H26N2O2. The molecule has 0 aliphatic rings. The molecule has 0 aromatic heterocycles. The molecule has 0 heterocycles. The van der Waals surface area contributed by atoms with Gasteiger partial charge in [0.15, 0.2) is 0 Å². The summed E-state index contributed by atoms with van der Waals surface area (Å²) in [6.07, 6.45) is 2.28. The maximum absolute atomic E-state index is 11.9. The number of amides is 1. The highest BCUT2D eigenvalue weighted by atomic mass is 16.5. The average Bonchev–Trinajstić information content (AvgIpc) is 2.41. The van der Waals surface area contributed by atoms with Gasteiger partial charge in [-0.25, -0.2) is 0 Å². The van der Waals surface area contributed by atoms with E-state index in [0.29, 0.717) is 13.0 Å². The standard InChI is InChI=1S/C16H26N2O2/c1-12-7-4-5-8-14(12)11-13(2)18-16(19)15(17)9-6-10-20-3/h4-5,7-8,13,15H,6,9-11,17H2,1-3H3,(H,18,19). The number of benzene rings is 1. The summed E-state index contributed by atoms with van der Waals surface area (Å²) in [6.45, 7) is 4.73. The van der Waals surface area contributed by atoms with Crippen LogP contribution in [0, 0.1) is 6.92 Å². The molecule has 4 nitrogen and oxygen atoms in total. The van der Waals surface area contributed by atoms with Crippen LogP contribution < -0.4 is 11.1 Å². The van der Waals surface area contributed by atoms with Crippen LogP contribution >= 0.6 is 0 Å². The first kappa shape index (κ1) is 16.7. The molecule has 112 valence electrons. The summed E-state index contributed by atoms with van der Waals surface area (Å²) in [7, 11) is 1.65. The maximum atomic E-state index is 11.9. The van der Waals surface area contributed by atoms with E-state index in [1.165, 1.54) is 11.1 Å². The zero-order valence-corrected chi connectivity index (χ0v) is 12.7. The molecule has 1 aromatic rings. The molecule has 2 unspecified atom stereocenters. The second-order valence-corrected chi connectivity index (χ2v) is 5.28. The number of methoxy groups -OCH3 is 1. The first-order chi connectivity index (χ1) is 9.54. The highest BCUT2D eigenvalue weighted by molar-refractivity contribution is 5.81. The lowest BCUT2D eigenvalue weighted by Gasteiger charge is -2.18. The molecule has 0 radical (unpaired) electrons. The third-order valence-corrected chi connectivity index (χ3v) is 3.38. The Morgan fingerprint density at radius 1 is 1.40 bits per heavy atom. The molecule has 1 rings (SSSR count). The average molecular weight is 278 g/mol. The molecule has 0 saturated heterocycles. The van der Waals surface area contributed by atoms with Gasteiger partial charge in [0.2, 0.25) is 5.91 Å². The summed E-state index contributed by atoms with van der Waals surface area (Å²) >= 11 is 0. The molecule has 2 atom stereocenters. The van der Waals surface area contributed by atoms with Gasteiger partial charge in [0.05, 0.1) is 6.04 Å². The minimum absolute atomic E-state index is 0.0806. The lowest BCUT2D eigenvalue weighted by molar-refractivity contribution is -0.123. The summed E-state index contributed by atoms with van der Waals surface area (Å²) in [5.41, 5.74) is 8.37. The summed E-state index contributed by atoms with van der Waals surface area (Å²) in [4.78, 5) is 11.9. The third kappa shape index (κ3) is 5.72. The van der Waals surface area contributed by atoms with Crippen molar-refractivity contribution in [2.45, 2.75) is 45.2 Å². The van der Waals surface area contributed by atoms with E-state index in [4.69, 9.17) is 10.5 Å². The van der Waals surface area contributed by atoms with Crippen molar-refractivity contribution in [2.24, 2.45) is 5.73 Å². The fourth-order valence-electron chi connectivity index (χ4n) is 2.15. The van der Waals surface area contributed by atoms with Crippen molar-refractivity contribution in [1.29, 1.82) is 0 Å². The Balaban J connectivity index is 2.39. The van der Waals surface area contributed by atoms with E-state index < -0.39 is 6.04 Å². The first-order valence-electron chi connectivity index (χ1n) is 7.14. The van der Waals surface area contributed by atoms with Crippen molar-refractivity contribution in [1.82, 2.24) is 5.32 Å². The normalized spacial score (nSPS) is 13.8. The molecule has 3 N–H and O–H groups in total. The van der Waals surface area contributed by atoms with Crippen LogP contribution in [0.2, 0.25) is 0 Å². The molecule has 1 amide bonds. The van der Waals surface area contributed by atoms with Gasteiger partial charge in [0.1, 0.15) is 0 Å². The second kappa shape index (κ2) is 8.72. The molecule has 0 aliphatic carbocycles. The number of carbonyl (C=O) groups excluding carboxylic acids is 1. The Hall–Kier alpha value is -1.39. The predicted molar refractivity (Wildman–Crippen MR) is 81.6 cm³/mol. The lowest BCUT2D eigenvalue weighted by atomic mass is 10.0. The number of nitrogens with one attached hydrogen (secondary N) is 1. The van der Waals surface area contributed by atoms with Crippen LogP contribution in [0.4, 0.5) is 0 Å². The van der Waals surface area contributed by atoms with Crippen LogP contribution in [0.25, 0.3) is 0 Å². The van der Waals surface area contributed by atoms with E-state index in [2.05, 4.69) is 24.4 Å². The summed E-state index contributed by atoms with van der Waals surface area (Å²) in [5, 5.41) is 2.98. The molecular weight excluding hydrogens is 252 g/mol. The molecule has 0 bridgehead atoms. The largest absolute Gasteiger partial charge is 0.385 e. The smallest absolute Gasteiger partial charge is 0.237 e. The number of carbonyl (C=O) groups is 1. The van der Waals surface area contributed by atoms with E-state index in [1.54, 1.807) is 7.11 Å². The molecule has 0 saturated carbocycles. The number of hydrogen-bond donors (Lipinski definition) is 2. The van der Waals surface area contributed by atoms with Crippen LogP contribution in [0.5, 0.6) is 0 Å². The zero-order chi connectivity index (χ0) is 15.0. The summed E-state index contributed by atoms with van der Waals surface area (Å²) in [6, 6.07) is 7.85. The zero-order valence-electron chi connectivity index (χ0n) is 12.7. The summed E-state index contributed by atoms with van der Waals surface area (Å²) < 4.78 is 4.96. The van der Waals surface area contributed by atoms with Gasteiger partial charge in [-0.2, -0.15) is 0 Å². The minimum Gasteiger partial charge on any atom is -0.385 e. The van der Waals surface area contributed by atoms with Crippen molar-refractivity contribution < 1.29 is 9.53 Å². The molecule has 20 heavy (non-hydrogen) atoms. The van der Waals surface area contributed by atoms with E-state index in [1.807, 2.05) is 19.1 Å². The number of hydrogen-bond acceptors (Lipinski definition) is 3. The highest BCUT2D eigenvalue weighted by Gasteiger charge is 2.15. The third-order valence-electron chi connectivity index (χ3n) is 3.38. The Kier molecular flexibility index (Phi) is 7.26. The van der Waals surface area contributed by atoms with Gasteiger partial charge in [-0.15, -0.1) is 0 Å². The Labute approximate surface area is 121 Å². The maximum Gasteiger partial charge on any atom is 0.237 e. The molecule has 4 heteroatoms. The van der Waals surface area contributed by atoms with Crippen molar-refractivity contribution >= 4 is 5.91 Å². The van der Waals surface area contributed by atoms with Gasteiger partial charge in [0.25, 0.3) is 0 Å². The Morgan fingerprint density at radius 2 is 2.10 bits per heavy atom. The van der Waals surface area contributed by atoms with Gasteiger partial charge >= 0.3 is 0 Å². The quantitative estimate of drug-likeness (QED) is 0.713. The van der Waals surface area contributed by atoms with Crippen LogP contribution in [-0.4, -0.2) is 31.7 Å². The predicted octanol–water partition coefficient (Wildman–Crippen LogP) is 1.80. The van der Waals surface area contributed by atoms with Crippen LogP contribution in [0.15, 0.2) is 24.3 Å². The Morgan fingerprint density at radius 3 is 2.75 bits per heavy atom. The first-order valence-corrected chi connectivity index (χ1v) is 7.14. The topological polar surface area (TPSA) is 64.3 Å². The van der Waals surface area contributed by atoms with Crippen LogP contribution in [0.1, 0.15) is 30.9 Å². The van der Waals surface area contributed by atoms with Crippen LogP contribution in [0.3, 0.4) is 0 Å². The summed E-state index contributed by atoms with van der Waals surface area (Å²) in [5.74, 6) is -0.0813. The fourth-order valence-corrected chi connectivity index (χ4v) is 2.15. The van der Waals surface area contributed by atoms with E-state index >= 15 is 0 Å². The van der Waals surface area contributed by atoms with Crippen molar-refractivity contribution in [3.05, 3.63) is 35.4 Å². The van der Waals surface area contributed by atoms with Crippen molar-refractivity contribution in [3.8, 4) is 0 Å². The van der Waals surface area contributed by atoms with Gasteiger partial charge in [-0.1, -0.05) is 24.3 Å². The van der Waals surface area contributed by atoms with Gasteiger partial charge in [0, 0.05) is 19.8 Å². The van der Waals surface area contributed by atoms with Crippen molar-refractivity contribution in [3.63, 3.8) is 0 Å². The number of rotatable bonds is 8. The highest BCUT2D eigenvalue weighted by Crippen LogP contribution is 2.09. The molecule has 0 aliphatic heterocycles. The fraction of sp³-hybridized carbons (Fsp3) is 0.562. The molecule has 0 spiro atoms. The monoisotopic (exact) mass is 278 g/mol. The molecule has 1 aromatic carbocycles. The van der Waals surface area contributed by atoms with E-state index in [0.717, 1.165) is 12.8 Å². The van der Waals surface area contributed by atoms with Crippen molar-refractivity contribution in [2.75, 3.05) is 13.7 Å². The Bertz CT molecular complexity index is 421. The molecule has 0 fully saturated rings. The minimum atomic E-state index is -0.454. The van der Waals surface area contributed by atoms with Gasteiger partial charge in [-0.05, 0) is 44.2 Å². The van der Waals surface area contributed by atoms with E-state index in [-0.39, 0.29) is 11.9 Å². The van der Waals surface area contributed by atoms with E-state index in [9.17, 15) is 4.79 Å². The number of nitrogens with two attached hydrogens (primary N) is 1. The second-order valence-electron chi connectivity index (χ2n) is 5.28. The number of aryl methyl sites for hydroxylation is 1. The van der Waals surface area contributed by atoms with Gasteiger partial charge < -0.3 is 15.8 Å².